The fourth-order valence-electron chi connectivity index (χ4n) is 3.33. The highest BCUT2D eigenvalue weighted by molar-refractivity contribution is 6.23. The van der Waals surface area contributed by atoms with E-state index in [4.69, 9.17) is 0 Å². The monoisotopic (exact) mass is 364 g/mol. The van der Waals surface area contributed by atoms with Gasteiger partial charge in [-0.15, -0.1) is 0 Å². The first-order chi connectivity index (χ1) is 13.0. The molecule has 0 aromatic heterocycles. The number of rotatable bonds is 6. The van der Waals surface area contributed by atoms with Gasteiger partial charge >= 0.3 is 0 Å². The van der Waals surface area contributed by atoms with Crippen LogP contribution in [0.5, 0.6) is 0 Å². The van der Waals surface area contributed by atoms with Crippen LogP contribution in [-0.2, 0) is 20.9 Å². The van der Waals surface area contributed by atoms with Gasteiger partial charge in [0.1, 0.15) is 6.04 Å². The minimum Gasteiger partial charge on any atom is -0.326 e. The van der Waals surface area contributed by atoms with Crippen molar-refractivity contribution in [2.24, 2.45) is 0 Å². The molecule has 0 saturated carbocycles. The first-order valence-electron chi connectivity index (χ1n) is 9.28. The van der Waals surface area contributed by atoms with Crippen LogP contribution in [0.25, 0.3) is 0 Å². The van der Waals surface area contributed by atoms with Gasteiger partial charge in [0.05, 0.1) is 12.1 Å². The average molecular weight is 364 g/mol. The molecule has 1 aliphatic rings. The first kappa shape index (κ1) is 18.8. The Morgan fingerprint density at radius 2 is 1.74 bits per heavy atom. The average Bonchev–Trinajstić information content (AvgIpc) is 2.96. The standard InChI is InChI=1S/C22H24N2O3/c1-3-7-20(25)23(15-17-12-10-16(2)11-13-17)19-14-21(26)24(22(19)27)18-8-5-4-6-9-18/h4-6,8-13,19H,3,7,14-15H2,1-2H3. The van der Waals surface area contributed by atoms with E-state index in [2.05, 4.69) is 0 Å². The van der Waals surface area contributed by atoms with Crippen LogP contribution >= 0.6 is 0 Å². The lowest BCUT2D eigenvalue weighted by Crippen LogP contribution is -2.45. The molecule has 0 radical (unpaired) electrons. The molecule has 0 spiro atoms. The molecule has 3 rings (SSSR count). The zero-order valence-electron chi connectivity index (χ0n) is 15.7. The molecule has 2 aromatic carbocycles. The van der Waals surface area contributed by atoms with Crippen molar-refractivity contribution >= 4 is 23.4 Å². The van der Waals surface area contributed by atoms with Crippen molar-refractivity contribution in [3.05, 3.63) is 65.7 Å². The summed E-state index contributed by atoms with van der Waals surface area (Å²) in [5.74, 6) is -0.698. The van der Waals surface area contributed by atoms with Crippen LogP contribution in [0.4, 0.5) is 5.69 Å². The third-order valence-corrected chi connectivity index (χ3v) is 4.77. The van der Waals surface area contributed by atoms with E-state index in [9.17, 15) is 14.4 Å². The number of aryl methyl sites for hydroxylation is 1. The minimum atomic E-state index is -0.752. The van der Waals surface area contributed by atoms with Gasteiger partial charge in [-0.3, -0.25) is 14.4 Å². The van der Waals surface area contributed by atoms with Crippen LogP contribution in [0.2, 0.25) is 0 Å². The Morgan fingerprint density at radius 1 is 1.07 bits per heavy atom. The summed E-state index contributed by atoms with van der Waals surface area (Å²) in [6.45, 7) is 4.26. The van der Waals surface area contributed by atoms with Crippen LogP contribution in [0.1, 0.15) is 37.3 Å². The molecular formula is C22H24N2O3. The minimum absolute atomic E-state index is 0.0229. The summed E-state index contributed by atoms with van der Waals surface area (Å²) in [5.41, 5.74) is 2.63. The van der Waals surface area contributed by atoms with Gasteiger partial charge in [0.25, 0.3) is 5.91 Å². The van der Waals surface area contributed by atoms with E-state index < -0.39 is 6.04 Å². The number of hydrogen-bond donors (Lipinski definition) is 0. The molecule has 0 N–H and O–H groups in total. The van der Waals surface area contributed by atoms with E-state index in [0.29, 0.717) is 25.1 Å². The van der Waals surface area contributed by atoms with Crippen molar-refractivity contribution in [3.63, 3.8) is 0 Å². The van der Waals surface area contributed by atoms with Crippen molar-refractivity contribution in [2.75, 3.05) is 4.90 Å². The van der Waals surface area contributed by atoms with E-state index in [1.54, 1.807) is 29.2 Å². The Morgan fingerprint density at radius 3 is 2.37 bits per heavy atom. The second-order valence-electron chi connectivity index (χ2n) is 6.88. The number of nitrogens with zero attached hydrogens (tertiary/aromatic N) is 2. The predicted octanol–water partition coefficient (Wildman–Crippen LogP) is 3.46. The van der Waals surface area contributed by atoms with E-state index in [1.165, 1.54) is 4.90 Å². The highest BCUT2D eigenvalue weighted by Gasteiger charge is 2.44. The van der Waals surface area contributed by atoms with Gasteiger partial charge in [0, 0.05) is 13.0 Å². The number of benzene rings is 2. The molecular weight excluding hydrogens is 340 g/mol. The van der Waals surface area contributed by atoms with E-state index in [1.807, 2.05) is 44.2 Å². The maximum Gasteiger partial charge on any atom is 0.257 e. The largest absolute Gasteiger partial charge is 0.326 e. The lowest BCUT2D eigenvalue weighted by atomic mass is 10.1. The van der Waals surface area contributed by atoms with Crippen molar-refractivity contribution in [3.8, 4) is 0 Å². The van der Waals surface area contributed by atoms with Gasteiger partial charge in [-0.2, -0.15) is 0 Å². The van der Waals surface area contributed by atoms with Crippen LogP contribution in [0, 0.1) is 6.92 Å². The lowest BCUT2D eigenvalue weighted by Gasteiger charge is -2.28. The summed E-state index contributed by atoms with van der Waals surface area (Å²) < 4.78 is 0. The molecule has 1 unspecified atom stereocenters. The number of para-hydroxylation sites is 1. The van der Waals surface area contributed by atoms with Gasteiger partial charge in [-0.05, 0) is 31.0 Å². The zero-order chi connectivity index (χ0) is 19.4. The Labute approximate surface area is 159 Å². The van der Waals surface area contributed by atoms with Gasteiger partial charge < -0.3 is 4.90 Å². The maximum atomic E-state index is 13.0. The second-order valence-corrected chi connectivity index (χ2v) is 6.88. The Bertz CT molecular complexity index is 830. The summed E-state index contributed by atoms with van der Waals surface area (Å²) in [6.07, 6.45) is 1.07. The second kappa shape index (κ2) is 8.16. The van der Waals surface area contributed by atoms with Crippen LogP contribution < -0.4 is 4.90 Å². The quantitative estimate of drug-likeness (QED) is 0.738. The molecule has 1 heterocycles. The maximum absolute atomic E-state index is 13.0. The lowest BCUT2D eigenvalue weighted by molar-refractivity contribution is -0.139. The Balaban J connectivity index is 1.87. The molecule has 1 saturated heterocycles. The number of carbonyl (C=O) groups excluding carboxylic acids is 3. The highest BCUT2D eigenvalue weighted by Crippen LogP contribution is 2.27. The van der Waals surface area contributed by atoms with Gasteiger partial charge in [-0.25, -0.2) is 4.90 Å². The molecule has 1 atom stereocenters. The van der Waals surface area contributed by atoms with Crippen LogP contribution in [0.15, 0.2) is 54.6 Å². The number of imide groups is 1. The normalized spacial score (nSPS) is 16.7. The fourth-order valence-corrected chi connectivity index (χ4v) is 3.33. The summed E-state index contributed by atoms with van der Waals surface area (Å²) in [5, 5.41) is 0. The summed E-state index contributed by atoms with van der Waals surface area (Å²) in [4.78, 5) is 41.1. The predicted molar refractivity (Wildman–Crippen MR) is 104 cm³/mol. The topological polar surface area (TPSA) is 57.7 Å². The number of anilines is 1. The van der Waals surface area contributed by atoms with Crippen LogP contribution in [-0.4, -0.2) is 28.7 Å². The molecule has 3 amide bonds. The van der Waals surface area contributed by atoms with E-state index >= 15 is 0 Å². The molecule has 140 valence electrons. The van der Waals surface area contributed by atoms with Crippen molar-refractivity contribution in [1.29, 1.82) is 0 Å². The Kier molecular flexibility index (Phi) is 5.69. The Hall–Kier alpha value is -2.95. The van der Waals surface area contributed by atoms with Gasteiger partial charge in [-0.1, -0.05) is 55.0 Å². The molecule has 5 nitrogen and oxygen atoms in total. The SMILES string of the molecule is CCCC(=O)N(Cc1ccc(C)cc1)C1CC(=O)N(c2ccccc2)C1=O. The van der Waals surface area contributed by atoms with E-state index in [-0.39, 0.29) is 24.1 Å². The van der Waals surface area contributed by atoms with Crippen molar-refractivity contribution < 1.29 is 14.4 Å². The molecule has 1 aliphatic heterocycles. The molecule has 2 aromatic rings. The fraction of sp³-hybridized carbons (Fsp3) is 0.318. The number of carbonyl (C=O) groups is 3. The molecule has 0 aliphatic carbocycles. The summed E-state index contributed by atoms with van der Waals surface area (Å²) in [6, 6.07) is 16.0. The smallest absolute Gasteiger partial charge is 0.257 e. The molecule has 27 heavy (non-hydrogen) atoms. The molecule has 1 fully saturated rings. The van der Waals surface area contributed by atoms with Crippen LogP contribution in [0.3, 0.4) is 0 Å². The first-order valence-corrected chi connectivity index (χ1v) is 9.28. The van der Waals surface area contributed by atoms with Gasteiger partial charge in [0.15, 0.2) is 0 Å². The summed E-state index contributed by atoms with van der Waals surface area (Å²) in [7, 11) is 0. The number of hydrogen-bond acceptors (Lipinski definition) is 3. The third-order valence-electron chi connectivity index (χ3n) is 4.77. The van der Waals surface area contributed by atoms with Gasteiger partial charge in [0.2, 0.25) is 11.8 Å². The number of amides is 3. The zero-order valence-corrected chi connectivity index (χ0v) is 15.7. The van der Waals surface area contributed by atoms with Crippen molar-refractivity contribution in [2.45, 2.75) is 45.7 Å². The van der Waals surface area contributed by atoms with E-state index in [0.717, 1.165) is 11.1 Å². The molecule has 5 heteroatoms. The molecule has 0 bridgehead atoms. The van der Waals surface area contributed by atoms with Crippen molar-refractivity contribution in [1.82, 2.24) is 4.90 Å². The highest BCUT2D eigenvalue weighted by atomic mass is 16.2. The third kappa shape index (κ3) is 4.08. The summed E-state index contributed by atoms with van der Waals surface area (Å²) >= 11 is 0.